The summed E-state index contributed by atoms with van der Waals surface area (Å²) in [6.45, 7) is 6.33. The van der Waals surface area contributed by atoms with Gasteiger partial charge in [0.05, 0.1) is 12.2 Å². The van der Waals surface area contributed by atoms with Crippen molar-refractivity contribution < 1.29 is 0 Å². The summed E-state index contributed by atoms with van der Waals surface area (Å²) in [6, 6.07) is 0.105. The van der Waals surface area contributed by atoms with Gasteiger partial charge >= 0.3 is 0 Å². The highest BCUT2D eigenvalue weighted by Crippen LogP contribution is 2.28. The van der Waals surface area contributed by atoms with E-state index in [9.17, 15) is 0 Å². The average Bonchev–Trinajstić information content (AvgIpc) is 3.07. The Morgan fingerprint density at radius 3 is 2.80 bits per heavy atom. The van der Waals surface area contributed by atoms with Gasteiger partial charge in [0.2, 0.25) is 0 Å². The first-order valence-electron chi connectivity index (χ1n) is 7.39. The lowest BCUT2D eigenvalue weighted by Gasteiger charge is -2.25. The number of rotatable bonds is 4. The van der Waals surface area contributed by atoms with Crippen LogP contribution in [0.2, 0.25) is 0 Å². The minimum absolute atomic E-state index is 0.105. The molecule has 2 aromatic heterocycles. The molecule has 6 heteroatoms. The molecule has 0 saturated heterocycles. The lowest BCUT2D eigenvalue weighted by molar-refractivity contribution is 0.434. The van der Waals surface area contributed by atoms with Crippen LogP contribution in [0.25, 0.3) is 0 Å². The first-order valence-corrected chi connectivity index (χ1v) is 7.39. The van der Waals surface area contributed by atoms with Crippen molar-refractivity contribution in [2.24, 2.45) is 7.05 Å². The molecule has 0 saturated carbocycles. The topological polar surface area (TPSA) is 60.6 Å². The highest BCUT2D eigenvalue weighted by molar-refractivity contribution is 5.22. The normalized spacial score (nSPS) is 18.5. The van der Waals surface area contributed by atoms with Crippen LogP contribution in [0.1, 0.15) is 55.9 Å². The molecule has 1 atom stereocenters. The van der Waals surface area contributed by atoms with Crippen molar-refractivity contribution in [2.45, 2.75) is 45.2 Å². The molecule has 1 aliphatic heterocycles. The van der Waals surface area contributed by atoms with Gasteiger partial charge in [-0.3, -0.25) is 4.68 Å². The number of nitrogens with one attached hydrogen (secondary N) is 1. The van der Waals surface area contributed by atoms with Crippen LogP contribution < -0.4 is 5.32 Å². The first kappa shape index (κ1) is 13.3. The van der Waals surface area contributed by atoms with Gasteiger partial charge in [-0.15, -0.1) is 10.2 Å². The van der Waals surface area contributed by atoms with Gasteiger partial charge in [0.1, 0.15) is 5.82 Å². The van der Waals surface area contributed by atoms with Gasteiger partial charge < -0.3 is 9.88 Å². The van der Waals surface area contributed by atoms with E-state index < -0.39 is 0 Å². The fourth-order valence-corrected chi connectivity index (χ4v) is 2.99. The zero-order valence-electron chi connectivity index (χ0n) is 12.4. The van der Waals surface area contributed by atoms with E-state index in [0.29, 0.717) is 5.92 Å². The molecule has 20 heavy (non-hydrogen) atoms. The summed E-state index contributed by atoms with van der Waals surface area (Å²) < 4.78 is 4.12. The van der Waals surface area contributed by atoms with Gasteiger partial charge in [0, 0.05) is 37.8 Å². The third-order valence-corrected chi connectivity index (χ3v) is 4.16. The van der Waals surface area contributed by atoms with E-state index >= 15 is 0 Å². The second-order valence-corrected chi connectivity index (χ2v) is 5.42. The van der Waals surface area contributed by atoms with E-state index in [1.165, 1.54) is 0 Å². The maximum Gasteiger partial charge on any atom is 0.154 e. The van der Waals surface area contributed by atoms with E-state index in [4.69, 9.17) is 0 Å². The van der Waals surface area contributed by atoms with Gasteiger partial charge in [0.25, 0.3) is 0 Å². The first-order chi connectivity index (χ1) is 9.74. The third-order valence-electron chi connectivity index (χ3n) is 4.16. The molecule has 0 bridgehead atoms. The minimum Gasteiger partial charge on any atom is -0.312 e. The zero-order valence-corrected chi connectivity index (χ0v) is 12.4. The highest BCUT2D eigenvalue weighted by Gasteiger charge is 2.28. The van der Waals surface area contributed by atoms with Crippen LogP contribution in [-0.2, 0) is 13.6 Å². The fraction of sp³-hybridized carbons (Fsp3) is 0.643. The van der Waals surface area contributed by atoms with Crippen molar-refractivity contribution >= 4 is 0 Å². The van der Waals surface area contributed by atoms with E-state index in [2.05, 4.69) is 39.0 Å². The maximum atomic E-state index is 4.47. The Kier molecular flexibility index (Phi) is 3.56. The van der Waals surface area contributed by atoms with Gasteiger partial charge in [-0.1, -0.05) is 13.8 Å². The largest absolute Gasteiger partial charge is 0.312 e. The summed E-state index contributed by atoms with van der Waals surface area (Å²) in [6.07, 6.45) is 6.16. The lowest BCUT2D eigenvalue weighted by Crippen LogP contribution is -2.35. The molecule has 6 nitrogen and oxygen atoms in total. The number of hydrogen-bond donors (Lipinski definition) is 1. The third kappa shape index (κ3) is 2.14. The molecule has 0 radical (unpaired) electrons. The van der Waals surface area contributed by atoms with Crippen LogP contribution in [0.4, 0.5) is 0 Å². The molecule has 0 aromatic carbocycles. The highest BCUT2D eigenvalue weighted by atomic mass is 15.3. The van der Waals surface area contributed by atoms with E-state index in [1.54, 1.807) is 0 Å². The standard InChI is InChI=1S/C14H22N6/c1-4-10(5-2)13-17-18-14-12(15-6-7-20(13)14)11-8-16-19(3)9-11/h8-10,12,15H,4-7H2,1-3H3. The van der Waals surface area contributed by atoms with E-state index in [-0.39, 0.29) is 6.04 Å². The number of hydrogen-bond acceptors (Lipinski definition) is 4. The number of fused-ring (bicyclic) bond motifs is 1. The van der Waals surface area contributed by atoms with Gasteiger partial charge in [0.15, 0.2) is 5.82 Å². The van der Waals surface area contributed by atoms with Crippen molar-refractivity contribution in [1.82, 2.24) is 29.9 Å². The molecule has 1 aliphatic rings. The number of aryl methyl sites for hydroxylation is 1. The van der Waals surface area contributed by atoms with Crippen molar-refractivity contribution in [3.8, 4) is 0 Å². The van der Waals surface area contributed by atoms with Crippen LogP contribution in [0, 0.1) is 0 Å². The van der Waals surface area contributed by atoms with Crippen molar-refractivity contribution in [3.63, 3.8) is 0 Å². The Bertz CT molecular complexity index is 580. The molecule has 108 valence electrons. The van der Waals surface area contributed by atoms with E-state index in [0.717, 1.165) is 43.1 Å². The molecule has 2 aromatic rings. The SMILES string of the molecule is CCC(CC)c1nnc2n1CCNC2c1cnn(C)c1. The minimum atomic E-state index is 0.105. The summed E-state index contributed by atoms with van der Waals surface area (Å²) in [4.78, 5) is 0. The molecule has 0 aliphatic carbocycles. The van der Waals surface area contributed by atoms with Gasteiger partial charge in [-0.05, 0) is 12.8 Å². The monoisotopic (exact) mass is 274 g/mol. The van der Waals surface area contributed by atoms with Gasteiger partial charge in [-0.2, -0.15) is 5.10 Å². The second kappa shape index (κ2) is 5.36. The molecule has 0 fully saturated rings. The second-order valence-electron chi connectivity index (χ2n) is 5.42. The van der Waals surface area contributed by atoms with Crippen LogP contribution in [0.3, 0.4) is 0 Å². The summed E-state index contributed by atoms with van der Waals surface area (Å²) in [7, 11) is 1.94. The van der Waals surface area contributed by atoms with Crippen molar-refractivity contribution in [3.05, 3.63) is 29.6 Å². The van der Waals surface area contributed by atoms with Crippen LogP contribution in [0.15, 0.2) is 12.4 Å². The summed E-state index contributed by atoms with van der Waals surface area (Å²) in [5.74, 6) is 2.66. The Morgan fingerprint density at radius 1 is 1.35 bits per heavy atom. The fourth-order valence-electron chi connectivity index (χ4n) is 2.99. The van der Waals surface area contributed by atoms with Crippen molar-refractivity contribution in [1.29, 1.82) is 0 Å². The molecule has 3 rings (SSSR count). The Balaban J connectivity index is 1.98. The van der Waals surface area contributed by atoms with E-state index in [1.807, 2.05) is 24.1 Å². The summed E-state index contributed by atoms with van der Waals surface area (Å²) >= 11 is 0. The zero-order chi connectivity index (χ0) is 14.1. The maximum absolute atomic E-state index is 4.47. The predicted octanol–water partition coefficient (Wildman–Crippen LogP) is 1.61. The molecular formula is C14H22N6. The van der Waals surface area contributed by atoms with Gasteiger partial charge in [-0.25, -0.2) is 0 Å². The molecular weight excluding hydrogens is 252 g/mol. The number of nitrogens with zero attached hydrogens (tertiary/aromatic N) is 5. The lowest BCUT2D eigenvalue weighted by atomic mass is 10.0. The van der Waals surface area contributed by atoms with Crippen molar-refractivity contribution in [2.75, 3.05) is 6.54 Å². The molecule has 0 spiro atoms. The number of aromatic nitrogens is 5. The predicted molar refractivity (Wildman–Crippen MR) is 76.4 cm³/mol. The molecule has 1 unspecified atom stereocenters. The molecule has 1 N–H and O–H groups in total. The summed E-state index contributed by atoms with van der Waals surface area (Å²) in [5, 5.41) is 16.7. The van der Waals surface area contributed by atoms with Crippen LogP contribution in [-0.4, -0.2) is 31.1 Å². The van der Waals surface area contributed by atoms with Crippen LogP contribution >= 0.6 is 0 Å². The smallest absolute Gasteiger partial charge is 0.154 e. The quantitative estimate of drug-likeness (QED) is 0.920. The summed E-state index contributed by atoms with van der Waals surface area (Å²) in [5.41, 5.74) is 1.15. The Morgan fingerprint density at radius 2 is 2.15 bits per heavy atom. The Labute approximate surface area is 119 Å². The Hall–Kier alpha value is -1.69. The molecule has 3 heterocycles. The van der Waals surface area contributed by atoms with Crippen LogP contribution in [0.5, 0.6) is 0 Å². The molecule has 0 amide bonds. The average molecular weight is 274 g/mol.